The molecular formula is C22H17ClF3N5O4S. The van der Waals surface area contributed by atoms with Crippen LogP contribution in [0.25, 0.3) is 16.7 Å². The standard InChI is InChI=1S/C22H17ClF3N5O4S/c1-34-16-8-17(35-2)15(7-14(16)23)28-18(32)10-36-21-29-19-13(9-27-30-19)20(33)31(21)12-5-3-4-11(6-12)22(24,25)26/h3-9H,10H2,1-2H3,(H,27,30)(H,28,32). The van der Waals surface area contributed by atoms with E-state index in [9.17, 15) is 22.8 Å². The van der Waals surface area contributed by atoms with Gasteiger partial charge in [0.25, 0.3) is 5.56 Å². The van der Waals surface area contributed by atoms with E-state index in [2.05, 4.69) is 20.5 Å². The molecule has 4 rings (SSSR count). The van der Waals surface area contributed by atoms with Crippen molar-refractivity contribution in [1.29, 1.82) is 0 Å². The molecule has 0 saturated heterocycles. The second-order valence-corrected chi connectivity index (χ2v) is 8.59. The van der Waals surface area contributed by atoms with Crippen LogP contribution >= 0.6 is 23.4 Å². The van der Waals surface area contributed by atoms with Gasteiger partial charge in [-0.2, -0.15) is 18.3 Å². The van der Waals surface area contributed by atoms with Gasteiger partial charge >= 0.3 is 6.18 Å². The fourth-order valence-corrected chi connectivity index (χ4v) is 4.34. The predicted molar refractivity (Wildman–Crippen MR) is 128 cm³/mol. The van der Waals surface area contributed by atoms with Gasteiger partial charge in [0.05, 0.1) is 48.1 Å². The molecule has 0 spiro atoms. The number of benzene rings is 2. The quantitative estimate of drug-likeness (QED) is 0.262. The molecule has 0 bridgehead atoms. The summed E-state index contributed by atoms with van der Waals surface area (Å²) < 4.78 is 51.2. The van der Waals surface area contributed by atoms with Crippen molar-refractivity contribution in [2.75, 3.05) is 25.3 Å². The highest BCUT2D eigenvalue weighted by atomic mass is 35.5. The topological polar surface area (TPSA) is 111 Å². The number of hydrogen-bond acceptors (Lipinski definition) is 7. The van der Waals surface area contributed by atoms with Gasteiger partial charge in [0, 0.05) is 6.07 Å². The summed E-state index contributed by atoms with van der Waals surface area (Å²) in [5, 5.41) is 9.31. The number of alkyl halides is 3. The minimum absolute atomic E-state index is 0.00838. The highest BCUT2D eigenvalue weighted by molar-refractivity contribution is 7.99. The van der Waals surface area contributed by atoms with Gasteiger partial charge in [-0.3, -0.25) is 19.3 Å². The predicted octanol–water partition coefficient (Wildman–Crippen LogP) is 4.53. The summed E-state index contributed by atoms with van der Waals surface area (Å²) in [7, 11) is 2.84. The number of thioether (sulfide) groups is 1. The van der Waals surface area contributed by atoms with Crippen molar-refractivity contribution >= 4 is 46.0 Å². The summed E-state index contributed by atoms with van der Waals surface area (Å²) in [6.07, 6.45) is -3.38. The summed E-state index contributed by atoms with van der Waals surface area (Å²) in [4.78, 5) is 30.1. The fourth-order valence-electron chi connectivity index (χ4n) is 3.29. The molecule has 0 unspecified atom stereocenters. The van der Waals surface area contributed by atoms with Gasteiger partial charge in [-0.05, 0) is 24.3 Å². The Morgan fingerprint density at radius 3 is 2.64 bits per heavy atom. The zero-order valence-corrected chi connectivity index (χ0v) is 20.2. The van der Waals surface area contributed by atoms with Crippen molar-refractivity contribution in [3.05, 3.63) is 63.5 Å². The van der Waals surface area contributed by atoms with Crippen molar-refractivity contribution in [3.8, 4) is 17.2 Å². The minimum atomic E-state index is -4.61. The molecule has 2 heterocycles. The molecule has 0 aliphatic rings. The Morgan fingerprint density at radius 1 is 1.19 bits per heavy atom. The van der Waals surface area contributed by atoms with Crippen LogP contribution in [0.2, 0.25) is 5.02 Å². The lowest BCUT2D eigenvalue weighted by Gasteiger charge is -2.15. The Morgan fingerprint density at radius 2 is 1.94 bits per heavy atom. The van der Waals surface area contributed by atoms with Crippen LogP contribution in [0.3, 0.4) is 0 Å². The van der Waals surface area contributed by atoms with Crippen molar-refractivity contribution < 1.29 is 27.4 Å². The van der Waals surface area contributed by atoms with Crippen molar-refractivity contribution in [2.45, 2.75) is 11.3 Å². The number of amides is 1. The number of aromatic nitrogens is 4. The molecule has 0 aliphatic carbocycles. The highest BCUT2D eigenvalue weighted by Gasteiger charge is 2.31. The lowest BCUT2D eigenvalue weighted by Crippen LogP contribution is -2.23. The van der Waals surface area contributed by atoms with Crippen LogP contribution in [0.15, 0.2) is 52.5 Å². The van der Waals surface area contributed by atoms with Crippen LogP contribution in [0.1, 0.15) is 5.56 Å². The normalized spacial score (nSPS) is 11.5. The average Bonchev–Trinajstić information content (AvgIpc) is 3.31. The van der Waals surface area contributed by atoms with Gasteiger partial charge in [0.2, 0.25) is 5.91 Å². The lowest BCUT2D eigenvalue weighted by molar-refractivity contribution is -0.137. The molecule has 14 heteroatoms. The van der Waals surface area contributed by atoms with E-state index in [0.29, 0.717) is 11.5 Å². The number of ether oxygens (including phenoxy) is 2. The van der Waals surface area contributed by atoms with Crippen LogP contribution in [0, 0.1) is 0 Å². The number of nitrogens with zero attached hydrogens (tertiary/aromatic N) is 3. The van der Waals surface area contributed by atoms with Crippen LogP contribution in [-0.4, -0.2) is 45.6 Å². The average molecular weight is 540 g/mol. The number of hydrogen-bond donors (Lipinski definition) is 2. The van der Waals surface area contributed by atoms with E-state index < -0.39 is 23.2 Å². The molecule has 4 aromatic rings. The molecule has 2 aromatic heterocycles. The van der Waals surface area contributed by atoms with Gasteiger partial charge in [-0.15, -0.1) is 0 Å². The van der Waals surface area contributed by atoms with Crippen LogP contribution in [-0.2, 0) is 11.0 Å². The Labute approximate surface area is 210 Å². The Bertz CT molecular complexity index is 1510. The molecule has 2 aromatic carbocycles. The third kappa shape index (κ3) is 5.11. The first-order valence-electron chi connectivity index (χ1n) is 10.1. The number of methoxy groups -OCH3 is 2. The van der Waals surface area contributed by atoms with Crippen molar-refractivity contribution in [1.82, 2.24) is 19.7 Å². The van der Waals surface area contributed by atoms with Crippen LogP contribution in [0.5, 0.6) is 11.5 Å². The molecule has 0 fully saturated rings. The molecule has 9 nitrogen and oxygen atoms in total. The number of aromatic amines is 1. The van der Waals surface area contributed by atoms with Crippen molar-refractivity contribution in [3.63, 3.8) is 0 Å². The molecule has 0 saturated carbocycles. The number of nitrogens with one attached hydrogen (secondary N) is 2. The Balaban J connectivity index is 1.66. The number of rotatable bonds is 7. The second-order valence-electron chi connectivity index (χ2n) is 7.24. The van der Waals surface area contributed by atoms with E-state index in [0.717, 1.165) is 28.5 Å². The Kier molecular flexibility index (Phi) is 7.13. The van der Waals surface area contributed by atoms with E-state index in [4.69, 9.17) is 21.1 Å². The SMILES string of the molecule is COc1cc(OC)c(NC(=O)CSc2nc3[nH]ncc3c(=O)n2-c2cccc(C(F)(F)F)c2)cc1Cl. The molecule has 0 aliphatic heterocycles. The second kappa shape index (κ2) is 10.1. The molecular weight excluding hydrogens is 523 g/mol. The molecule has 188 valence electrons. The first-order valence-corrected chi connectivity index (χ1v) is 11.5. The van der Waals surface area contributed by atoms with Gasteiger partial charge in [-0.1, -0.05) is 29.4 Å². The van der Waals surface area contributed by atoms with Gasteiger partial charge < -0.3 is 14.8 Å². The number of H-pyrrole nitrogens is 1. The number of fused-ring (bicyclic) bond motifs is 1. The summed E-state index contributed by atoms with van der Waals surface area (Å²) in [5.74, 6) is -0.0951. The van der Waals surface area contributed by atoms with E-state index in [1.165, 1.54) is 44.7 Å². The molecule has 0 radical (unpaired) electrons. The molecule has 1 amide bonds. The third-order valence-electron chi connectivity index (χ3n) is 4.96. The fraction of sp³-hybridized carbons (Fsp3) is 0.182. The first-order chi connectivity index (χ1) is 17.1. The Hall–Kier alpha value is -3.71. The molecule has 0 atom stereocenters. The summed E-state index contributed by atoms with van der Waals surface area (Å²) >= 11 is 6.99. The minimum Gasteiger partial charge on any atom is -0.495 e. The largest absolute Gasteiger partial charge is 0.495 e. The van der Waals surface area contributed by atoms with Crippen LogP contribution in [0.4, 0.5) is 18.9 Å². The number of carbonyl (C=O) groups is 1. The zero-order chi connectivity index (χ0) is 26.0. The van der Waals surface area contributed by atoms with Gasteiger partial charge in [0.15, 0.2) is 10.8 Å². The maximum Gasteiger partial charge on any atom is 0.416 e. The van der Waals surface area contributed by atoms with Gasteiger partial charge in [0.1, 0.15) is 16.9 Å². The first kappa shape index (κ1) is 25.4. The monoisotopic (exact) mass is 539 g/mol. The smallest absolute Gasteiger partial charge is 0.416 e. The number of carbonyl (C=O) groups excluding carboxylic acids is 1. The van der Waals surface area contributed by atoms with E-state index in [-0.39, 0.29) is 38.3 Å². The highest BCUT2D eigenvalue weighted by Crippen LogP contribution is 2.36. The van der Waals surface area contributed by atoms with Gasteiger partial charge in [-0.25, -0.2) is 4.98 Å². The number of halogens is 4. The maximum absolute atomic E-state index is 13.3. The maximum atomic E-state index is 13.3. The summed E-state index contributed by atoms with van der Waals surface area (Å²) in [6, 6.07) is 7.22. The van der Waals surface area contributed by atoms with E-state index >= 15 is 0 Å². The summed E-state index contributed by atoms with van der Waals surface area (Å²) in [5.41, 5.74) is -1.22. The molecule has 36 heavy (non-hydrogen) atoms. The third-order valence-corrected chi connectivity index (χ3v) is 6.20. The van der Waals surface area contributed by atoms with E-state index in [1.54, 1.807) is 0 Å². The van der Waals surface area contributed by atoms with E-state index in [1.807, 2.05) is 0 Å². The number of anilines is 1. The zero-order valence-electron chi connectivity index (χ0n) is 18.6. The van der Waals surface area contributed by atoms with Crippen molar-refractivity contribution in [2.24, 2.45) is 0 Å². The summed E-state index contributed by atoms with van der Waals surface area (Å²) in [6.45, 7) is 0. The van der Waals surface area contributed by atoms with Crippen LogP contribution < -0.4 is 20.3 Å². The molecule has 2 N–H and O–H groups in total. The lowest BCUT2D eigenvalue weighted by atomic mass is 10.2.